The molecule has 0 atom stereocenters. The Morgan fingerprint density at radius 1 is 0.828 bits per heavy atom. The molecule has 58 heavy (non-hydrogen) atoms. The van der Waals surface area contributed by atoms with Crippen LogP contribution in [0.2, 0.25) is 5.02 Å². The molecule has 0 aliphatic heterocycles. The third-order valence-electron chi connectivity index (χ3n) is 9.58. The van der Waals surface area contributed by atoms with Crippen LogP contribution in [-0.4, -0.2) is 53.7 Å². The van der Waals surface area contributed by atoms with Gasteiger partial charge in [0.05, 0.1) is 27.7 Å². The van der Waals surface area contributed by atoms with Crippen molar-refractivity contribution >= 4 is 55.8 Å². The zero-order valence-electron chi connectivity index (χ0n) is 31.8. The number of nitrogens with two attached hydrogens (primary N) is 1. The standard InChI is InChI=1S/C43H46ClN7O6S/c44-35-28-48-41-33(35)11-9-12-36(41)51-58(55,56)32-21-17-30(18-22-32)27-47-40(53)14-5-3-1-2-4-8-24-46-43(54)31-19-15-29(16-20-31)23-25-57-39-26-37(49-50-42(39)45)34-10-6-7-13-38(34)52/h6-7,9-13,15-22,26,28,48,51-52H,1-5,8,14,23-25,27H2,(H2,45,50)(H,46,54)(H,47,53). The van der Waals surface area contributed by atoms with Crippen LogP contribution in [0.1, 0.15) is 66.4 Å². The number of aromatic amines is 1. The molecule has 0 spiro atoms. The molecule has 302 valence electrons. The van der Waals surface area contributed by atoms with E-state index in [9.17, 15) is 23.1 Å². The van der Waals surface area contributed by atoms with Gasteiger partial charge in [-0.1, -0.05) is 85.8 Å². The number of halogens is 1. The van der Waals surface area contributed by atoms with Gasteiger partial charge >= 0.3 is 0 Å². The van der Waals surface area contributed by atoms with Crippen LogP contribution < -0.4 is 25.8 Å². The number of H-pyrrole nitrogens is 1. The summed E-state index contributed by atoms with van der Waals surface area (Å²) in [6.45, 7) is 1.23. The fourth-order valence-corrected chi connectivity index (χ4v) is 7.61. The molecule has 7 N–H and O–H groups in total. The van der Waals surface area contributed by atoms with Gasteiger partial charge in [0, 0.05) is 54.7 Å². The molecular weight excluding hydrogens is 778 g/mol. The van der Waals surface area contributed by atoms with Crippen LogP contribution in [0.5, 0.6) is 11.5 Å². The van der Waals surface area contributed by atoms with Crippen LogP contribution in [-0.2, 0) is 27.8 Å². The number of nitrogens with one attached hydrogen (secondary N) is 4. The Balaban J connectivity index is 0.800. The van der Waals surface area contributed by atoms with Gasteiger partial charge < -0.3 is 31.2 Å². The number of fused-ring (bicyclic) bond motifs is 1. The number of unbranched alkanes of at least 4 members (excludes halogenated alkanes) is 5. The lowest BCUT2D eigenvalue weighted by Gasteiger charge is -2.10. The predicted octanol–water partition coefficient (Wildman–Crippen LogP) is 7.77. The van der Waals surface area contributed by atoms with Crippen LogP contribution in [0, 0.1) is 0 Å². The van der Waals surface area contributed by atoms with Crippen molar-refractivity contribution in [3.8, 4) is 22.8 Å². The summed E-state index contributed by atoms with van der Waals surface area (Å²) in [6.07, 6.45) is 8.21. The van der Waals surface area contributed by atoms with E-state index >= 15 is 0 Å². The Labute approximate surface area is 342 Å². The minimum atomic E-state index is -3.83. The first-order chi connectivity index (χ1) is 28.1. The van der Waals surface area contributed by atoms with Crippen LogP contribution in [0.15, 0.2) is 108 Å². The number of rotatable bonds is 20. The van der Waals surface area contributed by atoms with Crippen molar-refractivity contribution in [1.29, 1.82) is 0 Å². The summed E-state index contributed by atoms with van der Waals surface area (Å²) in [5.74, 6) is 0.460. The number of phenolic OH excluding ortho intramolecular Hbond substituents is 1. The topological polar surface area (TPSA) is 201 Å². The van der Waals surface area contributed by atoms with Crippen LogP contribution in [0.3, 0.4) is 0 Å². The number of ether oxygens (including phenoxy) is 1. The van der Waals surface area contributed by atoms with Gasteiger partial charge in [0.25, 0.3) is 15.9 Å². The molecule has 0 fully saturated rings. The van der Waals surface area contributed by atoms with Crippen molar-refractivity contribution in [2.45, 2.75) is 62.8 Å². The second-order valence-corrected chi connectivity index (χ2v) is 15.9. The van der Waals surface area contributed by atoms with Gasteiger partial charge in [-0.3, -0.25) is 14.3 Å². The van der Waals surface area contributed by atoms with Gasteiger partial charge in [0.15, 0.2) is 11.6 Å². The molecule has 0 aliphatic carbocycles. The number of carbonyl (C=O) groups excluding carboxylic acids is 2. The lowest BCUT2D eigenvalue weighted by Crippen LogP contribution is -2.24. The van der Waals surface area contributed by atoms with Crippen LogP contribution >= 0.6 is 11.6 Å². The van der Waals surface area contributed by atoms with E-state index in [-0.39, 0.29) is 28.3 Å². The molecule has 2 aromatic heterocycles. The highest BCUT2D eigenvalue weighted by atomic mass is 35.5. The highest BCUT2D eigenvalue weighted by molar-refractivity contribution is 7.92. The number of anilines is 2. The summed E-state index contributed by atoms with van der Waals surface area (Å²) >= 11 is 6.17. The van der Waals surface area contributed by atoms with E-state index in [2.05, 4.69) is 30.5 Å². The van der Waals surface area contributed by atoms with Gasteiger partial charge in [-0.2, -0.15) is 0 Å². The summed E-state index contributed by atoms with van der Waals surface area (Å²) in [7, 11) is -3.83. The number of aromatic nitrogens is 3. The van der Waals surface area contributed by atoms with E-state index < -0.39 is 10.0 Å². The monoisotopic (exact) mass is 823 g/mol. The van der Waals surface area contributed by atoms with E-state index in [1.165, 1.54) is 12.1 Å². The summed E-state index contributed by atoms with van der Waals surface area (Å²) < 4.78 is 34.5. The van der Waals surface area contributed by atoms with Crippen molar-refractivity contribution < 1.29 is 27.9 Å². The highest BCUT2D eigenvalue weighted by Gasteiger charge is 2.17. The Morgan fingerprint density at radius 2 is 1.55 bits per heavy atom. The van der Waals surface area contributed by atoms with Crippen molar-refractivity contribution in [3.63, 3.8) is 0 Å². The number of nitrogen functional groups attached to an aromatic ring is 1. The number of carbonyl (C=O) groups is 2. The lowest BCUT2D eigenvalue weighted by molar-refractivity contribution is -0.121. The zero-order valence-corrected chi connectivity index (χ0v) is 33.4. The first-order valence-corrected chi connectivity index (χ1v) is 21.0. The van der Waals surface area contributed by atoms with Crippen LogP contribution in [0.25, 0.3) is 22.2 Å². The molecular formula is C43H46ClN7O6S. The van der Waals surface area contributed by atoms with Gasteiger partial charge in [-0.25, -0.2) is 8.42 Å². The number of sulfonamides is 1. The van der Waals surface area contributed by atoms with E-state index in [0.29, 0.717) is 71.3 Å². The summed E-state index contributed by atoms with van der Waals surface area (Å²) in [4.78, 5) is 28.2. The average molecular weight is 824 g/mol. The molecule has 0 saturated heterocycles. The number of para-hydroxylation sites is 2. The van der Waals surface area contributed by atoms with Gasteiger partial charge in [-0.15, -0.1) is 10.2 Å². The molecule has 0 aliphatic rings. The SMILES string of the molecule is Nc1nnc(-c2ccccc2O)cc1OCCc1ccc(C(=O)NCCCCCCCCC(=O)NCc2ccc(S(=O)(=O)Nc3cccc4c(Cl)c[nH]c34)cc2)cc1. The van der Waals surface area contributed by atoms with Crippen LogP contribution in [0.4, 0.5) is 11.5 Å². The number of hydrogen-bond donors (Lipinski definition) is 6. The van der Waals surface area contributed by atoms with Gasteiger partial charge in [-0.05, 0) is 66.4 Å². The first-order valence-electron chi connectivity index (χ1n) is 19.1. The fourth-order valence-electron chi connectivity index (χ4n) is 6.33. The maximum absolute atomic E-state index is 13.0. The van der Waals surface area contributed by atoms with Crippen molar-refractivity contribution in [3.05, 3.63) is 125 Å². The lowest BCUT2D eigenvalue weighted by atomic mass is 10.1. The van der Waals surface area contributed by atoms with E-state index in [0.717, 1.165) is 55.0 Å². The summed E-state index contributed by atoms with van der Waals surface area (Å²) in [5, 5.41) is 25.3. The Hall–Kier alpha value is -6.12. The third kappa shape index (κ3) is 11.3. The molecule has 0 saturated carbocycles. The minimum Gasteiger partial charge on any atom is -0.507 e. The molecule has 2 heterocycles. The fraction of sp³-hybridized carbons (Fsp3) is 0.256. The number of phenols is 1. The normalized spacial score (nSPS) is 11.3. The molecule has 2 amide bonds. The maximum atomic E-state index is 13.0. The molecule has 6 aromatic rings. The molecule has 15 heteroatoms. The van der Waals surface area contributed by atoms with Crippen molar-refractivity contribution in [2.24, 2.45) is 0 Å². The van der Waals surface area contributed by atoms with E-state index in [4.69, 9.17) is 22.1 Å². The molecule has 4 aromatic carbocycles. The summed E-state index contributed by atoms with van der Waals surface area (Å²) in [5.41, 5.74) is 10.3. The molecule has 0 radical (unpaired) electrons. The number of amides is 2. The quantitative estimate of drug-likeness (QED) is 0.0416. The number of nitrogens with zero attached hydrogens (tertiary/aromatic N) is 2. The van der Waals surface area contributed by atoms with E-state index in [1.807, 2.05) is 18.2 Å². The Kier molecular flexibility index (Phi) is 14.2. The number of benzene rings is 4. The molecule has 6 rings (SSSR count). The molecule has 13 nitrogen and oxygen atoms in total. The number of aromatic hydroxyl groups is 1. The third-order valence-corrected chi connectivity index (χ3v) is 11.3. The minimum absolute atomic E-state index is 0.0481. The van der Waals surface area contributed by atoms with Gasteiger partial charge in [0.1, 0.15) is 11.4 Å². The smallest absolute Gasteiger partial charge is 0.261 e. The summed E-state index contributed by atoms with van der Waals surface area (Å²) in [6, 6.07) is 27.5. The Bertz CT molecular complexity index is 2440. The van der Waals surface area contributed by atoms with Gasteiger partial charge in [0.2, 0.25) is 5.91 Å². The molecule has 0 bridgehead atoms. The second-order valence-electron chi connectivity index (χ2n) is 13.8. The van der Waals surface area contributed by atoms with Crippen molar-refractivity contribution in [1.82, 2.24) is 25.8 Å². The maximum Gasteiger partial charge on any atom is 0.261 e. The van der Waals surface area contributed by atoms with Crippen molar-refractivity contribution in [2.75, 3.05) is 23.6 Å². The highest BCUT2D eigenvalue weighted by Crippen LogP contribution is 2.31. The first kappa shape index (κ1) is 41.5. The molecule has 0 unspecified atom stereocenters. The number of hydrogen-bond acceptors (Lipinski definition) is 9. The second kappa shape index (κ2) is 19.8. The van der Waals surface area contributed by atoms with E-state index in [1.54, 1.807) is 72.9 Å². The largest absolute Gasteiger partial charge is 0.507 e. The Morgan fingerprint density at radius 3 is 2.33 bits per heavy atom. The predicted molar refractivity (Wildman–Crippen MR) is 226 cm³/mol. The zero-order chi connectivity index (χ0) is 40.9. The average Bonchev–Trinajstić information content (AvgIpc) is 3.61.